The van der Waals surface area contributed by atoms with Crippen molar-refractivity contribution in [1.82, 2.24) is 4.90 Å². The van der Waals surface area contributed by atoms with Crippen LogP contribution in [0, 0.1) is 0 Å². The lowest BCUT2D eigenvalue weighted by Gasteiger charge is -2.12. The number of hydrogen-bond donors (Lipinski definition) is 0. The van der Waals surface area contributed by atoms with Gasteiger partial charge in [-0.25, -0.2) is 4.99 Å². The molecule has 0 radical (unpaired) electrons. The molecule has 0 N–H and O–H groups in total. The summed E-state index contributed by atoms with van der Waals surface area (Å²) in [7, 11) is 2.03. The van der Waals surface area contributed by atoms with Crippen LogP contribution in [0.3, 0.4) is 0 Å². The normalized spacial score (nSPS) is 11.3. The van der Waals surface area contributed by atoms with E-state index in [-0.39, 0.29) is 0 Å². The first-order chi connectivity index (χ1) is 11.7. The van der Waals surface area contributed by atoms with Crippen LogP contribution in [0.25, 0.3) is 10.8 Å². The molecule has 3 rings (SSSR count). The average Bonchev–Trinajstić information content (AvgIpc) is 2.62. The van der Waals surface area contributed by atoms with Crippen molar-refractivity contribution in [3.05, 3.63) is 76.8 Å². The molecule has 0 bridgehead atoms. The molecule has 0 aliphatic heterocycles. The van der Waals surface area contributed by atoms with Crippen molar-refractivity contribution in [2.24, 2.45) is 4.99 Å². The van der Waals surface area contributed by atoms with Gasteiger partial charge < -0.3 is 4.90 Å². The number of rotatable bonds is 5. The zero-order valence-corrected chi connectivity index (χ0v) is 14.8. The molecule has 0 amide bonds. The first-order valence-corrected chi connectivity index (χ1v) is 8.55. The van der Waals surface area contributed by atoms with Crippen molar-refractivity contribution >= 4 is 34.4 Å². The van der Waals surface area contributed by atoms with Crippen LogP contribution in [0.15, 0.2) is 65.7 Å². The third-order valence-electron chi connectivity index (χ3n) is 4.22. The van der Waals surface area contributed by atoms with Gasteiger partial charge in [-0.05, 0) is 42.0 Å². The van der Waals surface area contributed by atoms with Gasteiger partial charge in [0, 0.05) is 24.0 Å². The largest absolute Gasteiger partial charge is 0.366 e. The molecular formula is C21H21ClN2. The van der Waals surface area contributed by atoms with E-state index in [1.165, 1.54) is 16.3 Å². The average molecular weight is 337 g/mol. The molecular weight excluding hydrogens is 316 g/mol. The SMILES string of the molecule is CCN(C)/C=N\c1ccc(Cc2ccccc2Cl)c2ccccc12. The topological polar surface area (TPSA) is 15.6 Å². The Morgan fingerprint density at radius 2 is 1.62 bits per heavy atom. The molecule has 0 atom stereocenters. The number of aliphatic imine (C=N–C) groups is 1. The van der Waals surface area contributed by atoms with E-state index >= 15 is 0 Å². The molecule has 3 aromatic rings. The zero-order valence-electron chi connectivity index (χ0n) is 14.0. The van der Waals surface area contributed by atoms with E-state index in [4.69, 9.17) is 11.6 Å². The lowest BCUT2D eigenvalue weighted by molar-refractivity contribution is 0.552. The summed E-state index contributed by atoms with van der Waals surface area (Å²) in [4.78, 5) is 6.71. The number of halogens is 1. The molecule has 24 heavy (non-hydrogen) atoms. The summed E-state index contributed by atoms with van der Waals surface area (Å²) in [5.74, 6) is 0. The van der Waals surface area contributed by atoms with E-state index in [0.29, 0.717) is 0 Å². The fraction of sp³-hybridized carbons (Fsp3) is 0.190. The molecule has 0 unspecified atom stereocenters. The third kappa shape index (κ3) is 3.60. The van der Waals surface area contributed by atoms with Gasteiger partial charge in [0.2, 0.25) is 0 Å². The fourth-order valence-electron chi connectivity index (χ4n) is 2.70. The molecule has 0 aliphatic carbocycles. The molecule has 3 heteroatoms. The molecule has 3 aromatic carbocycles. The van der Waals surface area contributed by atoms with Crippen LogP contribution >= 0.6 is 11.6 Å². The molecule has 0 fully saturated rings. The summed E-state index contributed by atoms with van der Waals surface area (Å²) in [6.07, 6.45) is 2.70. The van der Waals surface area contributed by atoms with Crippen molar-refractivity contribution in [2.45, 2.75) is 13.3 Å². The number of fused-ring (bicyclic) bond motifs is 1. The van der Waals surface area contributed by atoms with Crippen LogP contribution in [0.2, 0.25) is 5.02 Å². The number of benzene rings is 3. The van der Waals surface area contributed by atoms with E-state index in [1.54, 1.807) is 0 Å². The molecule has 0 saturated carbocycles. The Kier molecular flexibility index (Phi) is 5.17. The predicted octanol–water partition coefficient (Wildman–Crippen LogP) is 5.70. The maximum Gasteiger partial charge on any atom is 0.0909 e. The maximum absolute atomic E-state index is 6.33. The second kappa shape index (κ2) is 7.50. The van der Waals surface area contributed by atoms with Gasteiger partial charge in [0.1, 0.15) is 0 Å². The summed E-state index contributed by atoms with van der Waals surface area (Å²) in [5.41, 5.74) is 3.40. The lowest BCUT2D eigenvalue weighted by Crippen LogP contribution is -2.14. The van der Waals surface area contributed by atoms with Crippen LogP contribution < -0.4 is 0 Å². The molecule has 122 valence electrons. The van der Waals surface area contributed by atoms with Crippen molar-refractivity contribution in [1.29, 1.82) is 0 Å². The van der Waals surface area contributed by atoms with Crippen molar-refractivity contribution in [2.75, 3.05) is 13.6 Å². The monoisotopic (exact) mass is 336 g/mol. The molecule has 0 saturated heterocycles. The van der Waals surface area contributed by atoms with Crippen LogP contribution in [-0.2, 0) is 6.42 Å². The van der Waals surface area contributed by atoms with E-state index in [0.717, 1.165) is 29.2 Å². The highest BCUT2D eigenvalue weighted by molar-refractivity contribution is 6.31. The van der Waals surface area contributed by atoms with Crippen LogP contribution in [0.5, 0.6) is 0 Å². The Labute approximate surface area is 148 Å². The van der Waals surface area contributed by atoms with Crippen LogP contribution in [0.1, 0.15) is 18.1 Å². The van der Waals surface area contributed by atoms with Crippen molar-refractivity contribution < 1.29 is 0 Å². The lowest BCUT2D eigenvalue weighted by atomic mass is 9.97. The van der Waals surface area contributed by atoms with Gasteiger partial charge in [-0.3, -0.25) is 0 Å². The minimum atomic E-state index is 0.813. The summed E-state index contributed by atoms with van der Waals surface area (Å²) < 4.78 is 0. The first-order valence-electron chi connectivity index (χ1n) is 8.17. The van der Waals surface area contributed by atoms with Gasteiger partial charge in [-0.1, -0.05) is 60.1 Å². The quantitative estimate of drug-likeness (QED) is 0.431. The Hall–Kier alpha value is -2.32. The van der Waals surface area contributed by atoms with Crippen LogP contribution in [-0.4, -0.2) is 24.8 Å². The highest BCUT2D eigenvalue weighted by Gasteiger charge is 2.07. The second-order valence-electron chi connectivity index (χ2n) is 5.88. The van der Waals surface area contributed by atoms with E-state index in [2.05, 4.69) is 59.3 Å². The minimum absolute atomic E-state index is 0.813. The van der Waals surface area contributed by atoms with E-state index in [1.807, 2.05) is 31.6 Å². The summed E-state index contributed by atoms with van der Waals surface area (Å²) in [5, 5.41) is 3.21. The van der Waals surface area contributed by atoms with Gasteiger partial charge in [0.25, 0.3) is 0 Å². The fourth-order valence-corrected chi connectivity index (χ4v) is 2.90. The highest BCUT2D eigenvalue weighted by atomic mass is 35.5. The third-order valence-corrected chi connectivity index (χ3v) is 4.59. The number of hydrogen-bond acceptors (Lipinski definition) is 1. The van der Waals surface area contributed by atoms with Crippen molar-refractivity contribution in [3.63, 3.8) is 0 Å². The number of nitrogens with zero attached hydrogens (tertiary/aromatic N) is 2. The molecule has 2 nitrogen and oxygen atoms in total. The van der Waals surface area contributed by atoms with Crippen molar-refractivity contribution in [3.8, 4) is 0 Å². The summed E-state index contributed by atoms with van der Waals surface area (Å²) >= 11 is 6.33. The van der Waals surface area contributed by atoms with Gasteiger partial charge >= 0.3 is 0 Å². The zero-order chi connectivity index (χ0) is 16.9. The van der Waals surface area contributed by atoms with Gasteiger partial charge in [-0.15, -0.1) is 0 Å². The molecule has 0 spiro atoms. The standard InChI is InChI=1S/C21H21ClN2/c1-3-24(2)15-23-21-13-12-16(18-9-5-6-10-19(18)21)14-17-8-4-7-11-20(17)22/h4-13,15H,3,14H2,1-2H3/b23-15-. The van der Waals surface area contributed by atoms with Gasteiger partial charge in [0.15, 0.2) is 0 Å². The molecule has 0 aliphatic rings. The highest BCUT2D eigenvalue weighted by Crippen LogP contribution is 2.31. The molecule has 0 aromatic heterocycles. The van der Waals surface area contributed by atoms with Gasteiger partial charge in [0.05, 0.1) is 12.0 Å². The Bertz CT molecular complexity index is 871. The minimum Gasteiger partial charge on any atom is -0.366 e. The van der Waals surface area contributed by atoms with Gasteiger partial charge in [-0.2, -0.15) is 0 Å². The Morgan fingerprint density at radius 1 is 0.917 bits per heavy atom. The smallest absolute Gasteiger partial charge is 0.0909 e. The van der Waals surface area contributed by atoms with Crippen LogP contribution in [0.4, 0.5) is 5.69 Å². The van der Waals surface area contributed by atoms with E-state index in [9.17, 15) is 0 Å². The Morgan fingerprint density at radius 3 is 2.38 bits per heavy atom. The maximum atomic E-state index is 6.33. The van der Waals surface area contributed by atoms with E-state index < -0.39 is 0 Å². The second-order valence-corrected chi connectivity index (χ2v) is 6.28. The summed E-state index contributed by atoms with van der Waals surface area (Å²) in [6.45, 7) is 3.04. The Balaban J connectivity index is 2.02. The molecule has 0 heterocycles. The first kappa shape index (κ1) is 16.5. The predicted molar refractivity (Wildman–Crippen MR) is 105 cm³/mol. The summed E-state index contributed by atoms with van der Waals surface area (Å²) in [6, 6.07) is 20.7.